The molecule has 0 saturated carbocycles. The van der Waals surface area contributed by atoms with Gasteiger partial charge in [0.05, 0.1) is 20.1 Å². The Bertz CT molecular complexity index is 676. The van der Waals surface area contributed by atoms with Crippen LogP contribution in [0.25, 0.3) is 10.8 Å². The molecule has 0 heterocycles. The first-order valence-electron chi connectivity index (χ1n) is 6.75. The molecule has 110 valence electrons. The van der Waals surface area contributed by atoms with Crippen LogP contribution in [0.2, 0.25) is 0 Å². The number of carbonyl (C=O) groups excluding carboxylic acids is 2. The summed E-state index contributed by atoms with van der Waals surface area (Å²) in [6, 6.07) is 11.1. The van der Waals surface area contributed by atoms with Gasteiger partial charge in [0.2, 0.25) is 0 Å². The predicted octanol–water partition coefficient (Wildman–Crippen LogP) is 3.23. The van der Waals surface area contributed by atoms with E-state index in [1.807, 2.05) is 24.3 Å². The van der Waals surface area contributed by atoms with Crippen LogP contribution in [-0.2, 0) is 9.53 Å². The number of benzene rings is 2. The molecule has 4 nitrogen and oxygen atoms in total. The average Bonchev–Trinajstić information content (AvgIpc) is 2.52. The summed E-state index contributed by atoms with van der Waals surface area (Å²) in [5.74, 6) is -0.181. The summed E-state index contributed by atoms with van der Waals surface area (Å²) in [6.07, 6.45) is 0.128. The Morgan fingerprint density at radius 1 is 1.05 bits per heavy atom. The van der Waals surface area contributed by atoms with E-state index >= 15 is 0 Å². The summed E-state index contributed by atoms with van der Waals surface area (Å²) >= 11 is 0. The zero-order valence-electron chi connectivity index (χ0n) is 12.4. The van der Waals surface area contributed by atoms with Crippen LogP contribution < -0.4 is 4.74 Å². The number of methoxy groups -OCH3 is 2. The summed E-state index contributed by atoms with van der Waals surface area (Å²) in [5.41, 5.74) is 0.599. The van der Waals surface area contributed by atoms with Crippen LogP contribution in [-0.4, -0.2) is 26.0 Å². The predicted molar refractivity (Wildman–Crippen MR) is 80.6 cm³/mol. The molecule has 1 atom stereocenters. The lowest BCUT2D eigenvalue weighted by atomic mass is 9.95. The molecule has 0 aliphatic rings. The van der Waals surface area contributed by atoms with Crippen LogP contribution in [0.15, 0.2) is 36.4 Å². The summed E-state index contributed by atoms with van der Waals surface area (Å²) in [5, 5.41) is 1.72. The summed E-state index contributed by atoms with van der Waals surface area (Å²) in [4.78, 5) is 23.9. The maximum atomic E-state index is 12.4. The van der Waals surface area contributed by atoms with Gasteiger partial charge < -0.3 is 9.47 Å². The third kappa shape index (κ3) is 3.05. The van der Waals surface area contributed by atoms with Gasteiger partial charge in [-0.1, -0.05) is 31.2 Å². The van der Waals surface area contributed by atoms with E-state index in [2.05, 4.69) is 4.74 Å². The summed E-state index contributed by atoms with van der Waals surface area (Å²) < 4.78 is 9.98. The van der Waals surface area contributed by atoms with Crippen molar-refractivity contribution in [1.82, 2.24) is 0 Å². The van der Waals surface area contributed by atoms with Crippen molar-refractivity contribution in [2.75, 3.05) is 14.2 Å². The van der Waals surface area contributed by atoms with E-state index in [1.165, 1.54) is 7.11 Å². The summed E-state index contributed by atoms with van der Waals surface area (Å²) in [7, 11) is 2.93. The van der Waals surface area contributed by atoms with Crippen molar-refractivity contribution < 1.29 is 19.1 Å². The second-order valence-corrected chi connectivity index (χ2v) is 4.91. The number of fused-ring (bicyclic) bond motifs is 1. The van der Waals surface area contributed by atoms with Gasteiger partial charge in [0.15, 0.2) is 5.78 Å². The van der Waals surface area contributed by atoms with E-state index in [0.717, 1.165) is 16.5 Å². The van der Waals surface area contributed by atoms with Crippen molar-refractivity contribution >= 4 is 22.5 Å². The normalized spacial score (nSPS) is 12.0. The van der Waals surface area contributed by atoms with Gasteiger partial charge in [-0.3, -0.25) is 9.59 Å². The van der Waals surface area contributed by atoms with Crippen LogP contribution in [0.4, 0.5) is 0 Å². The topological polar surface area (TPSA) is 52.6 Å². The van der Waals surface area contributed by atoms with Crippen LogP contribution >= 0.6 is 0 Å². The van der Waals surface area contributed by atoms with E-state index < -0.39 is 5.92 Å². The molecule has 0 aliphatic carbocycles. The molecule has 0 amide bonds. The van der Waals surface area contributed by atoms with E-state index in [9.17, 15) is 9.59 Å². The first kappa shape index (κ1) is 15.0. The van der Waals surface area contributed by atoms with Crippen molar-refractivity contribution in [3.63, 3.8) is 0 Å². The fourth-order valence-corrected chi connectivity index (χ4v) is 2.37. The highest BCUT2D eigenvalue weighted by Crippen LogP contribution is 2.29. The van der Waals surface area contributed by atoms with E-state index in [0.29, 0.717) is 5.56 Å². The Morgan fingerprint density at radius 3 is 2.33 bits per heavy atom. The highest BCUT2D eigenvalue weighted by molar-refractivity contribution is 6.10. The number of Topliss-reactive ketones (excluding diaryl/α,β-unsaturated/α-hetero) is 1. The van der Waals surface area contributed by atoms with Gasteiger partial charge in [-0.05, 0) is 17.5 Å². The van der Waals surface area contributed by atoms with Crippen LogP contribution in [0.1, 0.15) is 23.7 Å². The zero-order valence-corrected chi connectivity index (χ0v) is 12.4. The summed E-state index contributed by atoms with van der Waals surface area (Å²) in [6.45, 7) is 1.69. The highest BCUT2D eigenvalue weighted by Gasteiger charge is 2.20. The number of ether oxygens (including phenoxy) is 2. The number of rotatable bonds is 5. The van der Waals surface area contributed by atoms with Crippen molar-refractivity contribution in [1.29, 1.82) is 0 Å². The molecule has 0 bridgehead atoms. The van der Waals surface area contributed by atoms with Gasteiger partial charge in [-0.25, -0.2) is 0 Å². The molecule has 2 aromatic carbocycles. The minimum Gasteiger partial charge on any atom is -0.496 e. The van der Waals surface area contributed by atoms with Crippen molar-refractivity contribution in [3.8, 4) is 5.75 Å². The smallest absolute Gasteiger partial charge is 0.308 e. The lowest BCUT2D eigenvalue weighted by Crippen LogP contribution is -2.17. The van der Waals surface area contributed by atoms with Crippen LogP contribution in [0, 0.1) is 5.92 Å². The highest BCUT2D eigenvalue weighted by atomic mass is 16.5. The van der Waals surface area contributed by atoms with Gasteiger partial charge >= 0.3 is 5.97 Å². The fraction of sp³-hybridized carbons (Fsp3) is 0.294. The number of carbonyl (C=O) groups is 2. The van der Waals surface area contributed by atoms with Crippen LogP contribution in [0.3, 0.4) is 0 Å². The molecule has 0 N–H and O–H groups in total. The molecule has 0 fully saturated rings. The first-order chi connectivity index (χ1) is 10.1. The zero-order chi connectivity index (χ0) is 15.4. The van der Waals surface area contributed by atoms with Gasteiger partial charge in [0.25, 0.3) is 0 Å². The monoisotopic (exact) mass is 286 g/mol. The number of hydrogen-bond donors (Lipinski definition) is 0. The van der Waals surface area contributed by atoms with Gasteiger partial charge in [-0.15, -0.1) is 0 Å². The molecule has 0 aromatic heterocycles. The Labute approximate surface area is 123 Å². The van der Waals surface area contributed by atoms with E-state index in [4.69, 9.17) is 4.74 Å². The van der Waals surface area contributed by atoms with Gasteiger partial charge in [0.1, 0.15) is 5.75 Å². The van der Waals surface area contributed by atoms with Gasteiger partial charge in [0, 0.05) is 17.4 Å². The Balaban J connectivity index is 2.38. The van der Waals surface area contributed by atoms with Crippen LogP contribution in [0.5, 0.6) is 5.75 Å². The third-order valence-electron chi connectivity index (χ3n) is 3.50. The SMILES string of the molecule is COC(=O)C(C)CC(=O)c1ccc(OC)c2ccccc12. The second-order valence-electron chi connectivity index (χ2n) is 4.91. The quantitative estimate of drug-likeness (QED) is 0.625. The average molecular weight is 286 g/mol. The minimum atomic E-state index is -0.455. The maximum absolute atomic E-state index is 12.4. The van der Waals surface area contributed by atoms with E-state index in [1.54, 1.807) is 26.2 Å². The minimum absolute atomic E-state index is 0.0771. The third-order valence-corrected chi connectivity index (χ3v) is 3.50. The molecule has 1 unspecified atom stereocenters. The molecular formula is C17H18O4. The molecule has 0 spiro atoms. The maximum Gasteiger partial charge on any atom is 0.308 e. The second kappa shape index (κ2) is 6.39. The number of ketones is 1. The Morgan fingerprint density at radius 2 is 1.71 bits per heavy atom. The number of esters is 1. The molecule has 21 heavy (non-hydrogen) atoms. The molecule has 4 heteroatoms. The van der Waals surface area contributed by atoms with Crippen molar-refractivity contribution in [2.24, 2.45) is 5.92 Å². The molecule has 0 saturated heterocycles. The van der Waals surface area contributed by atoms with Gasteiger partial charge in [-0.2, -0.15) is 0 Å². The molecule has 0 aliphatic heterocycles. The fourth-order valence-electron chi connectivity index (χ4n) is 2.37. The van der Waals surface area contributed by atoms with Crippen molar-refractivity contribution in [3.05, 3.63) is 42.0 Å². The molecular weight excluding hydrogens is 268 g/mol. The Kier molecular flexibility index (Phi) is 4.58. The largest absolute Gasteiger partial charge is 0.496 e. The van der Waals surface area contributed by atoms with Crippen molar-refractivity contribution in [2.45, 2.75) is 13.3 Å². The standard InChI is InChI=1S/C17H18O4/c1-11(17(19)21-3)10-15(18)13-8-9-16(20-2)14-7-5-4-6-12(13)14/h4-9,11H,10H2,1-3H3. The Hall–Kier alpha value is -2.36. The molecule has 2 aromatic rings. The lowest BCUT2D eigenvalue weighted by molar-refractivity contribution is -0.144. The lowest BCUT2D eigenvalue weighted by Gasteiger charge is -2.12. The number of hydrogen-bond acceptors (Lipinski definition) is 4. The van der Waals surface area contributed by atoms with E-state index in [-0.39, 0.29) is 18.2 Å². The molecule has 0 radical (unpaired) electrons. The molecule has 2 rings (SSSR count). The first-order valence-corrected chi connectivity index (χ1v) is 6.75.